The number of aromatic nitrogens is 2. The first-order valence-corrected chi connectivity index (χ1v) is 2.68. The zero-order valence-corrected chi connectivity index (χ0v) is 8.89. The molecule has 1 heterocycles. The number of rotatable bonds is 0. The fraction of sp³-hybridized carbons (Fsp3) is 0.333. The first-order chi connectivity index (χ1) is 4.18. The van der Waals surface area contributed by atoms with E-state index in [1.165, 1.54) is 0 Å². The molecule has 0 amide bonds. The van der Waals surface area contributed by atoms with E-state index >= 15 is 0 Å². The van der Waals surface area contributed by atoms with Crippen molar-refractivity contribution >= 4 is 5.95 Å². The van der Waals surface area contributed by atoms with E-state index in [2.05, 4.69) is 16.0 Å². The van der Waals surface area contributed by atoms with E-state index < -0.39 is 0 Å². The number of nitrogens with zero attached hydrogens (tertiary/aromatic N) is 2. The second kappa shape index (κ2) is 3.99. The first kappa shape index (κ1) is 9.98. The van der Waals surface area contributed by atoms with Crippen LogP contribution in [0.5, 0.6) is 0 Å². The molecular formula is C6H8N3Y-. The van der Waals surface area contributed by atoms with Gasteiger partial charge in [0.2, 0.25) is 5.95 Å². The maximum absolute atomic E-state index is 5.32. The molecule has 10 heavy (non-hydrogen) atoms. The van der Waals surface area contributed by atoms with Crippen LogP contribution in [0.2, 0.25) is 0 Å². The Balaban J connectivity index is 0.000000810. The van der Waals surface area contributed by atoms with E-state index in [0.717, 1.165) is 11.4 Å². The summed E-state index contributed by atoms with van der Waals surface area (Å²) in [5, 5.41) is 0. The maximum Gasteiger partial charge on any atom is 0.214 e. The molecular weight excluding hydrogens is 203 g/mol. The summed E-state index contributed by atoms with van der Waals surface area (Å²) in [5.74, 6) is 0.323. The van der Waals surface area contributed by atoms with Crippen molar-refractivity contribution in [2.45, 2.75) is 13.8 Å². The molecule has 0 spiro atoms. The minimum atomic E-state index is 0. The van der Waals surface area contributed by atoms with Gasteiger partial charge >= 0.3 is 0 Å². The molecule has 0 saturated heterocycles. The van der Waals surface area contributed by atoms with Crippen LogP contribution in [0.3, 0.4) is 0 Å². The van der Waals surface area contributed by atoms with Gasteiger partial charge in [-0.25, -0.2) is 0 Å². The molecule has 0 atom stereocenters. The maximum atomic E-state index is 5.32. The van der Waals surface area contributed by atoms with Crippen LogP contribution in [-0.2, 0) is 32.7 Å². The summed E-state index contributed by atoms with van der Waals surface area (Å²) in [5.41, 5.74) is 6.90. The normalized spacial score (nSPS) is 8.60. The van der Waals surface area contributed by atoms with Crippen molar-refractivity contribution in [1.29, 1.82) is 0 Å². The summed E-state index contributed by atoms with van der Waals surface area (Å²) >= 11 is 0. The van der Waals surface area contributed by atoms with Gasteiger partial charge in [-0.3, -0.25) is 9.97 Å². The van der Waals surface area contributed by atoms with Crippen LogP contribution in [0.25, 0.3) is 0 Å². The van der Waals surface area contributed by atoms with Crippen LogP contribution < -0.4 is 5.73 Å². The number of aryl methyl sites for hydroxylation is 2. The Morgan fingerprint density at radius 2 is 1.60 bits per heavy atom. The van der Waals surface area contributed by atoms with Gasteiger partial charge in [-0.2, -0.15) is 0 Å². The standard InChI is InChI=1S/C6H8N3.Y/c1-4-3-5(2)9-6(7)8-4;/h1-2H3,(H2,7,8,9);/q-1;. The second-order valence-corrected chi connectivity index (χ2v) is 1.88. The van der Waals surface area contributed by atoms with Gasteiger partial charge in [-0.1, -0.05) is 13.8 Å². The number of anilines is 1. The summed E-state index contributed by atoms with van der Waals surface area (Å²) < 4.78 is 0. The van der Waals surface area contributed by atoms with Gasteiger partial charge in [-0.05, 0) is 0 Å². The predicted molar refractivity (Wildman–Crippen MR) is 34.8 cm³/mol. The summed E-state index contributed by atoms with van der Waals surface area (Å²) in [4.78, 5) is 7.69. The number of nitrogen functional groups attached to an aromatic ring is 1. The molecule has 0 saturated carbocycles. The molecule has 0 aromatic carbocycles. The third kappa shape index (κ3) is 2.71. The zero-order chi connectivity index (χ0) is 6.85. The van der Waals surface area contributed by atoms with Gasteiger partial charge in [0.1, 0.15) is 0 Å². The molecule has 51 valence electrons. The largest absolute Gasteiger partial charge is 0.427 e. The minimum absolute atomic E-state index is 0. The van der Waals surface area contributed by atoms with Gasteiger partial charge in [-0.15, -0.1) is 11.4 Å². The van der Waals surface area contributed by atoms with Crippen molar-refractivity contribution in [3.05, 3.63) is 17.5 Å². The summed E-state index contributed by atoms with van der Waals surface area (Å²) in [6, 6.07) is 2.91. The average molecular weight is 211 g/mol. The zero-order valence-electron chi connectivity index (χ0n) is 6.05. The van der Waals surface area contributed by atoms with Crippen molar-refractivity contribution in [1.82, 2.24) is 9.97 Å². The average Bonchev–Trinajstić information content (AvgIpc) is 1.59. The van der Waals surface area contributed by atoms with Gasteiger partial charge in [0.05, 0.1) is 0 Å². The monoisotopic (exact) mass is 211 g/mol. The van der Waals surface area contributed by atoms with Crippen molar-refractivity contribution in [3.63, 3.8) is 0 Å². The van der Waals surface area contributed by atoms with Gasteiger partial charge in [0.15, 0.2) is 0 Å². The van der Waals surface area contributed by atoms with Gasteiger partial charge in [0, 0.05) is 32.7 Å². The molecule has 2 N–H and O–H groups in total. The molecule has 4 heteroatoms. The molecule has 1 aromatic heterocycles. The molecule has 1 aromatic rings. The quantitative estimate of drug-likeness (QED) is 0.634. The predicted octanol–water partition coefficient (Wildman–Crippen LogP) is 0.473. The van der Waals surface area contributed by atoms with Crippen LogP contribution in [0.1, 0.15) is 11.4 Å². The van der Waals surface area contributed by atoms with Crippen LogP contribution in [0.4, 0.5) is 5.95 Å². The van der Waals surface area contributed by atoms with E-state index in [9.17, 15) is 0 Å². The molecule has 0 aliphatic heterocycles. The molecule has 0 fully saturated rings. The smallest absolute Gasteiger partial charge is 0.214 e. The fourth-order valence-corrected chi connectivity index (χ4v) is 0.686. The van der Waals surface area contributed by atoms with Gasteiger partial charge in [0.25, 0.3) is 0 Å². The van der Waals surface area contributed by atoms with Crippen LogP contribution in [0, 0.1) is 19.9 Å². The Morgan fingerprint density at radius 3 is 1.90 bits per heavy atom. The molecule has 1 rings (SSSR count). The summed E-state index contributed by atoms with van der Waals surface area (Å²) in [7, 11) is 0. The van der Waals surface area contributed by atoms with Crippen LogP contribution in [0.15, 0.2) is 0 Å². The van der Waals surface area contributed by atoms with E-state index in [-0.39, 0.29) is 32.7 Å². The summed E-state index contributed by atoms with van der Waals surface area (Å²) in [6.45, 7) is 3.68. The Morgan fingerprint density at radius 1 is 1.20 bits per heavy atom. The van der Waals surface area contributed by atoms with E-state index in [4.69, 9.17) is 5.73 Å². The van der Waals surface area contributed by atoms with Crippen molar-refractivity contribution in [3.8, 4) is 0 Å². The second-order valence-electron chi connectivity index (χ2n) is 1.88. The number of hydrogen-bond donors (Lipinski definition) is 1. The minimum Gasteiger partial charge on any atom is -0.427 e. The SMILES string of the molecule is Cc1[c-]c(C)nc(N)n1.[Y]. The molecule has 0 aliphatic carbocycles. The third-order valence-corrected chi connectivity index (χ3v) is 0.926. The molecule has 3 nitrogen and oxygen atoms in total. The molecule has 0 unspecified atom stereocenters. The van der Waals surface area contributed by atoms with E-state index in [1.54, 1.807) is 0 Å². The van der Waals surface area contributed by atoms with Gasteiger partial charge < -0.3 is 11.8 Å². The molecule has 0 aliphatic rings. The van der Waals surface area contributed by atoms with Crippen LogP contribution in [-0.4, -0.2) is 9.97 Å². The number of hydrogen-bond acceptors (Lipinski definition) is 3. The summed E-state index contributed by atoms with van der Waals surface area (Å²) in [6.07, 6.45) is 0. The Kier molecular flexibility index (Phi) is 3.98. The van der Waals surface area contributed by atoms with E-state index in [0.29, 0.717) is 5.95 Å². The van der Waals surface area contributed by atoms with E-state index in [1.807, 2.05) is 13.8 Å². The van der Waals surface area contributed by atoms with Crippen molar-refractivity contribution in [2.24, 2.45) is 0 Å². The van der Waals surface area contributed by atoms with Crippen molar-refractivity contribution in [2.75, 3.05) is 5.73 Å². The van der Waals surface area contributed by atoms with Crippen molar-refractivity contribution < 1.29 is 32.7 Å². The molecule has 0 bridgehead atoms. The number of nitrogens with two attached hydrogens (primary N) is 1. The molecule has 1 radical (unpaired) electrons. The first-order valence-electron chi connectivity index (χ1n) is 2.68. The third-order valence-electron chi connectivity index (χ3n) is 0.926. The Labute approximate surface area is 85.3 Å². The fourth-order valence-electron chi connectivity index (χ4n) is 0.686. The van der Waals surface area contributed by atoms with Crippen LogP contribution >= 0.6 is 0 Å². The Hall–Kier alpha value is -0.0161. The Bertz CT molecular complexity index is 174. The topological polar surface area (TPSA) is 51.8 Å².